The van der Waals surface area contributed by atoms with Gasteiger partial charge in [-0.05, 0) is 27.7 Å². The highest BCUT2D eigenvalue weighted by Crippen LogP contribution is 2.20. The standard InChI is InChI=1S/C12H22N4OS/c1-6-17-12(3,4)7-14-11-9(10(13)18)8(2)15-16(11)5/h14H,6-7H2,1-5H3,(H2,13,18). The molecule has 0 spiro atoms. The molecule has 0 bridgehead atoms. The first-order chi connectivity index (χ1) is 8.28. The Bertz CT molecular complexity index is 440. The summed E-state index contributed by atoms with van der Waals surface area (Å²) >= 11 is 5.06. The van der Waals surface area contributed by atoms with Crippen LogP contribution in [0.15, 0.2) is 0 Å². The molecule has 0 amide bonds. The zero-order chi connectivity index (χ0) is 13.9. The Morgan fingerprint density at radius 1 is 1.56 bits per heavy atom. The second-order valence-corrected chi connectivity index (χ2v) is 5.28. The summed E-state index contributed by atoms with van der Waals surface area (Å²) in [7, 11) is 1.87. The fraction of sp³-hybridized carbons (Fsp3) is 0.667. The van der Waals surface area contributed by atoms with Crippen molar-refractivity contribution in [1.29, 1.82) is 0 Å². The van der Waals surface area contributed by atoms with Crippen molar-refractivity contribution in [3.63, 3.8) is 0 Å². The van der Waals surface area contributed by atoms with Gasteiger partial charge in [-0.25, -0.2) is 0 Å². The summed E-state index contributed by atoms with van der Waals surface area (Å²) in [5.41, 5.74) is 7.12. The van der Waals surface area contributed by atoms with E-state index in [-0.39, 0.29) is 5.60 Å². The van der Waals surface area contributed by atoms with Crippen LogP contribution in [0, 0.1) is 6.92 Å². The first-order valence-electron chi connectivity index (χ1n) is 5.99. The van der Waals surface area contributed by atoms with E-state index in [1.165, 1.54) is 0 Å². The Kier molecular flexibility index (Phi) is 4.70. The SMILES string of the molecule is CCOC(C)(C)CNc1c(C(N)=S)c(C)nn1C. The van der Waals surface area contributed by atoms with Crippen LogP contribution >= 0.6 is 12.2 Å². The maximum atomic E-state index is 5.73. The molecule has 0 saturated carbocycles. The molecule has 0 aliphatic heterocycles. The molecule has 1 heterocycles. The van der Waals surface area contributed by atoms with Crippen molar-refractivity contribution in [2.75, 3.05) is 18.5 Å². The number of nitrogens with two attached hydrogens (primary N) is 1. The van der Waals surface area contributed by atoms with Crippen molar-refractivity contribution >= 4 is 23.0 Å². The van der Waals surface area contributed by atoms with Crippen molar-refractivity contribution in [1.82, 2.24) is 9.78 Å². The number of rotatable bonds is 6. The zero-order valence-electron chi connectivity index (χ0n) is 11.7. The van der Waals surface area contributed by atoms with Crippen LogP contribution in [0.5, 0.6) is 0 Å². The van der Waals surface area contributed by atoms with Gasteiger partial charge in [-0.15, -0.1) is 0 Å². The molecule has 6 heteroatoms. The summed E-state index contributed by atoms with van der Waals surface area (Å²) in [6.07, 6.45) is 0. The molecule has 1 aromatic rings. The highest BCUT2D eigenvalue weighted by molar-refractivity contribution is 7.80. The minimum atomic E-state index is -0.250. The van der Waals surface area contributed by atoms with Crippen molar-refractivity contribution in [3.05, 3.63) is 11.3 Å². The van der Waals surface area contributed by atoms with Gasteiger partial charge in [0.15, 0.2) is 0 Å². The normalized spacial score (nSPS) is 11.6. The molecule has 5 nitrogen and oxygen atoms in total. The quantitative estimate of drug-likeness (QED) is 0.769. The van der Waals surface area contributed by atoms with E-state index in [4.69, 9.17) is 22.7 Å². The zero-order valence-corrected chi connectivity index (χ0v) is 12.5. The Balaban J connectivity index is 2.88. The second-order valence-electron chi connectivity index (χ2n) is 4.84. The van der Waals surface area contributed by atoms with Gasteiger partial charge in [-0.3, -0.25) is 4.68 Å². The highest BCUT2D eigenvalue weighted by Gasteiger charge is 2.21. The number of hydrogen-bond donors (Lipinski definition) is 2. The monoisotopic (exact) mass is 270 g/mol. The number of nitrogens with one attached hydrogen (secondary N) is 1. The van der Waals surface area contributed by atoms with Gasteiger partial charge < -0.3 is 15.8 Å². The van der Waals surface area contributed by atoms with Gasteiger partial charge >= 0.3 is 0 Å². The minimum Gasteiger partial charge on any atom is -0.389 e. The third kappa shape index (κ3) is 3.43. The molecule has 0 aliphatic carbocycles. The van der Waals surface area contributed by atoms with Crippen LogP contribution in [0.4, 0.5) is 5.82 Å². The molecular weight excluding hydrogens is 248 g/mol. The van der Waals surface area contributed by atoms with Gasteiger partial charge in [0.2, 0.25) is 0 Å². The van der Waals surface area contributed by atoms with Gasteiger partial charge in [-0.2, -0.15) is 5.10 Å². The molecule has 1 rings (SSSR count). The average Bonchev–Trinajstić information content (AvgIpc) is 2.50. The van der Waals surface area contributed by atoms with Crippen molar-refractivity contribution < 1.29 is 4.74 Å². The molecular formula is C12H22N4OS. The third-order valence-electron chi connectivity index (χ3n) is 2.69. The molecule has 0 aliphatic rings. The summed E-state index contributed by atoms with van der Waals surface area (Å²) in [5, 5.41) is 7.64. The lowest BCUT2D eigenvalue weighted by Crippen LogP contribution is -2.34. The van der Waals surface area contributed by atoms with E-state index in [1.54, 1.807) is 4.68 Å². The van der Waals surface area contributed by atoms with Crippen LogP contribution in [0.25, 0.3) is 0 Å². The van der Waals surface area contributed by atoms with Crippen molar-refractivity contribution in [2.45, 2.75) is 33.3 Å². The summed E-state index contributed by atoms with van der Waals surface area (Å²) < 4.78 is 7.40. The molecule has 102 valence electrons. The van der Waals surface area contributed by atoms with E-state index < -0.39 is 0 Å². The summed E-state index contributed by atoms with van der Waals surface area (Å²) in [4.78, 5) is 0.359. The van der Waals surface area contributed by atoms with Crippen LogP contribution in [-0.2, 0) is 11.8 Å². The van der Waals surface area contributed by atoms with Crippen LogP contribution < -0.4 is 11.1 Å². The number of aryl methyl sites for hydroxylation is 2. The first-order valence-corrected chi connectivity index (χ1v) is 6.40. The van der Waals surface area contributed by atoms with Gasteiger partial charge in [-0.1, -0.05) is 12.2 Å². The summed E-state index contributed by atoms with van der Waals surface area (Å²) in [6.45, 7) is 9.29. The molecule has 0 saturated heterocycles. The van der Waals surface area contributed by atoms with Crippen molar-refractivity contribution in [3.8, 4) is 0 Å². The fourth-order valence-corrected chi connectivity index (χ4v) is 2.14. The largest absolute Gasteiger partial charge is 0.389 e. The van der Waals surface area contributed by atoms with Gasteiger partial charge in [0.25, 0.3) is 0 Å². The molecule has 0 aromatic carbocycles. The summed E-state index contributed by atoms with van der Waals surface area (Å²) in [5.74, 6) is 0.841. The third-order valence-corrected chi connectivity index (χ3v) is 2.89. The van der Waals surface area contributed by atoms with Gasteiger partial charge in [0.05, 0.1) is 16.9 Å². The lowest BCUT2D eigenvalue weighted by molar-refractivity contribution is 0.000601. The average molecular weight is 270 g/mol. The number of ether oxygens (including phenoxy) is 1. The minimum absolute atomic E-state index is 0.250. The Morgan fingerprint density at radius 3 is 2.67 bits per heavy atom. The van der Waals surface area contributed by atoms with E-state index >= 15 is 0 Å². The van der Waals surface area contributed by atoms with E-state index in [0.717, 1.165) is 17.1 Å². The van der Waals surface area contributed by atoms with E-state index in [1.807, 2.05) is 34.7 Å². The highest BCUT2D eigenvalue weighted by atomic mass is 32.1. The smallest absolute Gasteiger partial charge is 0.134 e. The second kappa shape index (κ2) is 5.67. The Morgan fingerprint density at radius 2 is 2.17 bits per heavy atom. The number of nitrogens with zero attached hydrogens (tertiary/aromatic N) is 2. The van der Waals surface area contributed by atoms with E-state index in [2.05, 4.69) is 10.4 Å². The van der Waals surface area contributed by atoms with Crippen LogP contribution in [0.3, 0.4) is 0 Å². The lowest BCUT2D eigenvalue weighted by atomic mass is 10.1. The Hall–Kier alpha value is -1.14. The molecule has 0 fully saturated rings. The maximum absolute atomic E-state index is 5.73. The molecule has 0 radical (unpaired) electrons. The topological polar surface area (TPSA) is 65.1 Å². The van der Waals surface area contributed by atoms with Crippen LogP contribution in [0.2, 0.25) is 0 Å². The van der Waals surface area contributed by atoms with Crippen molar-refractivity contribution in [2.24, 2.45) is 12.8 Å². The predicted octanol–water partition coefficient (Wildman–Crippen LogP) is 1.59. The fourth-order valence-electron chi connectivity index (χ4n) is 1.89. The van der Waals surface area contributed by atoms with Crippen LogP contribution in [0.1, 0.15) is 32.0 Å². The van der Waals surface area contributed by atoms with E-state index in [0.29, 0.717) is 18.1 Å². The van der Waals surface area contributed by atoms with E-state index in [9.17, 15) is 0 Å². The number of aromatic nitrogens is 2. The van der Waals surface area contributed by atoms with Gasteiger partial charge in [0.1, 0.15) is 10.8 Å². The molecule has 18 heavy (non-hydrogen) atoms. The Labute approximate surface area is 114 Å². The van der Waals surface area contributed by atoms with Gasteiger partial charge in [0, 0.05) is 20.2 Å². The first kappa shape index (κ1) is 14.9. The molecule has 1 aromatic heterocycles. The molecule has 0 unspecified atom stereocenters. The number of thiocarbonyl (C=S) groups is 1. The predicted molar refractivity (Wildman–Crippen MR) is 78.0 cm³/mol. The maximum Gasteiger partial charge on any atom is 0.134 e. The van der Waals surface area contributed by atoms with Crippen LogP contribution in [-0.4, -0.2) is 33.5 Å². The number of hydrogen-bond acceptors (Lipinski definition) is 4. The number of anilines is 1. The lowest BCUT2D eigenvalue weighted by Gasteiger charge is -2.25. The molecule has 3 N–H and O–H groups in total. The summed E-state index contributed by atoms with van der Waals surface area (Å²) in [6, 6.07) is 0. The molecule has 0 atom stereocenters.